The van der Waals surface area contributed by atoms with Gasteiger partial charge in [0.1, 0.15) is 87.1 Å². The first-order valence-electron chi connectivity index (χ1n) is 40.5. The molecule has 0 radical (unpaired) electrons. The van der Waals surface area contributed by atoms with Crippen LogP contribution in [-0.4, -0.2) is 248 Å². The maximum Gasteiger partial charge on any atom is 0.248 e. The number of nitrogens with one attached hydrogen (secondary N) is 17. The van der Waals surface area contributed by atoms with Crippen LogP contribution in [0.3, 0.4) is 0 Å². The lowest BCUT2D eigenvalue weighted by atomic mass is 9.93. The highest BCUT2D eigenvalue weighted by molar-refractivity contribution is 6.03. The lowest BCUT2D eigenvalue weighted by Crippen LogP contribution is -2.66. The van der Waals surface area contributed by atoms with Crippen LogP contribution in [0.4, 0.5) is 0 Å². The number of aliphatic hydroxyl groups is 1. The predicted molar refractivity (Wildman–Crippen MR) is 441 cm³/mol. The van der Waals surface area contributed by atoms with E-state index in [1.165, 1.54) is 116 Å². The quantitative estimate of drug-likeness (QED) is 0.0277. The van der Waals surface area contributed by atoms with Crippen LogP contribution in [0.2, 0.25) is 0 Å². The van der Waals surface area contributed by atoms with Gasteiger partial charge in [0, 0.05) is 26.3 Å². The summed E-state index contributed by atoms with van der Waals surface area (Å²) in [6, 6.07) is -11.3. The molecule has 1 aliphatic rings. The molecule has 10 atom stereocenters. The fraction of sp³-hybridized carbons (Fsp3) is 0.747. The minimum Gasteiger partial charge on any atom is -0.394 e. The Bertz CT molecular complexity index is 3740. The predicted octanol–water partition coefficient (Wildman–Crippen LogP) is -3.88. The summed E-state index contributed by atoms with van der Waals surface area (Å²) in [5.74, 6) is -17.2. The Morgan fingerprint density at radius 1 is 0.400 bits per heavy atom. The number of nitrogens with two attached hydrogens (primary N) is 2. The molecule has 0 saturated carbocycles. The molecule has 0 spiro atoms. The van der Waals surface area contributed by atoms with E-state index in [0.29, 0.717) is 12.8 Å². The summed E-state index contributed by atoms with van der Waals surface area (Å²) in [7, 11) is 0. The van der Waals surface area contributed by atoms with Gasteiger partial charge in [0.2, 0.25) is 118 Å². The van der Waals surface area contributed by atoms with Gasteiger partial charge in [0.05, 0.1) is 25.7 Å². The van der Waals surface area contributed by atoms with Gasteiger partial charge < -0.3 is 112 Å². The van der Waals surface area contributed by atoms with Crippen LogP contribution in [0, 0.1) is 23.7 Å². The number of carbonyl (C=O) groups excluding carboxylic acids is 20. The highest BCUT2D eigenvalue weighted by atomic mass is 16.3. The second kappa shape index (κ2) is 46.2. The second-order valence-electron chi connectivity index (χ2n) is 35.8. The third kappa shape index (κ3) is 35.3. The van der Waals surface area contributed by atoms with E-state index in [9.17, 15) is 101 Å². The van der Waals surface area contributed by atoms with Crippen molar-refractivity contribution in [3.05, 3.63) is 0 Å². The third-order valence-corrected chi connectivity index (χ3v) is 19.7. The number of rotatable bonds is 49. The van der Waals surface area contributed by atoms with Gasteiger partial charge in [-0.15, -0.1) is 0 Å². The van der Waals surface area contributed by atoms with Gasteiger partial charge in [-0.05, 0) is 179 Å². The van der Waals surface area contributed by atoms with Gasteiger partial charge in [0.25, 0.3) is 0 Å². The van der Waals surface area contributed by atoms with E-state index in [1.807, 2.05) is 13.8 Å². The lowest BCUT2D eigenvalue weighted by molar-refractivity contribution is -0.145. The molecule has 0 bridgehead atoms. The molecule has 1 fully saturated rings. The third-order valence-electron chi connectivity index (χ3n) is 19.7. The number of hydrogen-bond acceptors (Lipinski definition) is 21. The Morgan fingerprint density at radius 2 is 0.800 bits per heavy atom. The van der Waals surface area contributed by atoms with E-state index >= 15 is 0 Å². The van der Waals surface area contributed by atoms with Crippen LogP contribution >= 0.6 is 0 Å². The van der Waals surface area contributed by atoms with E-state index in [1.54, 1.807) is 48.5 Å². The van der Waals surface area contributed by atoms with E-state index in [2.05, 4.69) is 90.4 Å². The van der Waals surface area contributed by atoms with Crippen molar-refractivity contribution >= 4 is 118 Å². The van der Waals surface area contributed by atoms with Gasteiger partial charge in [-0.25, -0.2) is 0 Å². The number of likely N-dealkylation sites (tertiary alicyclic amines) is 1. The number of nitrogens with zero attached hydrogens (tertiary/aromatic N) is 1. The fourth-order valence-electron chi connectivity index (χ4n) is 12.2. The van der Waals surface area contributed by atoms with Crippen LogP contribution in [0.5, 0.6) is 0 Å². The van der Waals surface area contributed by atoms with Gasteiger partial charge in [-0.2, -0.15) is 0 Å². The molecule has 1 aliphatic heterocycles. The molecule has 41 heteroatoms. The van der Waals surface area contributed by atoms with Crippen LogP contribution in [0.15, 0.2) is 0 Å². The molecular formula is C79H138N20O21. The normalized spacial score (nSPS) is 15.8. The summed E-state index contributed by atoms with van der Waals surface area (Å²) in [6.45, 7) is 35.3. The fourth-order valence-corrected chi connectivity index (χ4v) is 12.2. The topological polar surface area (TPSA) is 621 Å². The molecule has 0 aromatic heterocycles. The van der Waals surface area contributed by atoms with Crippen LogP contribution < -0.4 is 102 Å². The largest absolute Gasteiger partial charge is 0.394 e. The molecule has 120 heavy (non-hydrogen) atoms. The van der Waals surface area contributed by atoms with Crippen molar-refractivity contribution in [3.63, 3.8) is 0 Å². The Hall–Kier alpha value is -10.6. The van der Waals surface area contributed by atoms with Gasteiger partial charge in [-0.3, -0.25) is 95.9 Å². The van der Waals surface area contributed by atoms with Gasteiger partial charge in [-0.1, -0.05) is 62.3 Å². The first-order chi connectivity index (χ1) is 54.8. The zero-order valence-corrected chi connectivity index (χ0v) is 74.6. The number of amides is 20. The van der Waals surface area contributed by atoms with Crippen LogP contribution in [0.25, 0.3) is 0 Å². The SMILES string of the molecule is CC[C@@](C)(NC(=O)C(C)(C)NC(=O)[C@H](CC(C)C)NC(=O)[C@H]1CCCN1C(=O)C(C)(C)NC(=O)[C@H](CC(C)C)NC(=O)CNC(=O)C(C)(C)NC(=O)[C@@H](NC(=O)C(C)(C)NC(=O)[C@H](CCC(N)=O)NC(=O)[C@H](C)NC(=O)C(C)(C)NC(=O)[C@H](C)NC(=O)CNC(=O)C(C)(C)NC(C)=O)C(C)C)C(=O)N[C@@H](CCC(N)=O)C(=O)N[C@H](CO)CC(C)C. The van der Waals surface area contributed by atoms with Crippen molar-refractivity contribution in [2.75, 3.05) is 26.2 Å². The number of carbonyl (C=O) groups is 20. The van der Waals surface area contributed by atoms with Gasteiger partial charge in [0.15, 0.2) is 0 Å². The molecule has 1 heterocycles. The summed E-state index contributed by atoms with van der Waals surface area (Å²) in [5, 5.41) is 53.2. The standard InChI is InChI=1S/C79H138N20O21/c1-26-79(25,71(119)90-48(29-31-53(80)102)60(108)86-47(39-100)34-40(2)3)98-70(118)77(21,22)95-63(111)51(36-42(6)7)89-64(112)52-28-27-33-99(52)72(120)78(23,24)96-62(110)50(35-41(4)5)87-56(105)38-83-67(115)74(15,16)97-65(113)57(43(8)9)91-69(117)76(19,20)94-61(109)49(30-32-54(81)103)88-58(106)44(10)85-68(116)75(17,18)93-59(107)45(11)84-55(104)37-82-66(114)73(13,14)92-46(12)101/h40-45,47-52,57,100H,26-39H2,1-25H3,(H2,80,102)(H2,81,103)(H,82,114)(H,83,115)(H,84,104)(H,85,116)(H,86,108)(H,87,105)(H,88,106)(H,89,112)(H,90,119)(H,91,117)(H,92,101)(H,93,107)(H,94,109)(H,95,111)(H,96,110)(H,97,113)(H,98,118)/t44-,45-,47-,48-,49-,50-,51-,52+,57-,79+/m0/s1. The van der Waals surface area contributed by atoms with Crippen LogP contribution in [-0.2, 0) is 95.9 Å². The van der Waals surface area contributed by atoms with Crippen molar-refractivity contribution in [2.24, 2.45) is 35.1 Å². The van der Waals surface area contributed by atoms with Crippen molar-refractivity contribution < 1.29 is 101 Å². The van der Waals surface area contributed by atoms with Crippen LogP contribution in [0.1, 0.15) is 237 Å². The number of primary amides is 2. The molecule has 0 aromatic carbocycles. The van der Waals surface area contributed by atoms with Crippen molar-refractivity contribution in [3.8, 4) is 0 Å². The molecule has 22 N–H and O–H groups in total. The zero-order chi connectivity index (χ0) is 93.1. The van der Waals surface area contributed by atoms with Gasteiger partial charge >= 0.3 is 0 Å². The Morgan fingerprint density at radius 3 is 1.25 bits per heavy atom. The molecule has 41 nitrogen and oxygen atoms in total. The maximum absolute atomic E-state index is 14.5. The first-order valence-corrected chi connectivity index (χ1v) is 40.5. The Labute approximate surface area is 703 Å². The summed E-state index contributed by atoms with van der Waals surface area (Å²) in [6.07, 6.45) is -0.310. The molecule has 0 aromatic rings. The molecule has 0 aliphatic carbocycles. The Balaban J connectivity index is 3.19. The Kier molecular flexibility index (Phi) is 41.4. The van der Waals surface area contributed by atoms with Crippen molar-refractivity contribution in [2.45, 2.75) is 330 Å². The highest BCUT2D eigenvalue weighted by Gasteiger charge is 2.47. The average Bonchev–Trinajstić information content (AvgIpc) is 1.73. The molecule has 1 saturated heterocycles. The lowest BCUT2D eigenvalue weighted by Gasteiger charge is -2.36. The van der Waals surface area contributed by atoms with E-state index in [-0.39, 0.29) is 62.8 Å². The first kappa shape index (κ1) is 107. The summed E-state index contributed by atoms with van der Waals surface area (Å²) in [5.41, 5.74) is -1.15. The number of hydrogen-bond donors (Lipinski definition) is 20. The molecule has 1 rings (SSSR count). The van der Waals surface area contributed by atoms with E-state index in [0.717, 1.165) is 0 Å². The summed E-state index contributed by atoms with van der Waals surface area (Å²) in [4.78, 5) is 270. The number of aliphatic hydroxyl groups excluding tert-OH is 1. The molecule has 0 unspecified atom stereocenters. The summed E-state index contributed by atoms with van der Waals surface area (Å²) < 4.78 is 0. The minimum atomic E-state index is -1.88. The second-order valence-corrected chi connectivity index (χ2v) is 35.8. The molecular weight excluding hydrogens is 1560 g/mol. The molecule has 20 amide bonds. The molecule has 680 valence electrons. The van der Waals surface area contributed by atoms with E-state index in [4.69, 9.17) is 11.5 Å². The van der Waals surface area contributed by atoms with Crippen molar-refractivity contribution in [1.29, 1.82) is 0 Å². The summed E-state index contributed by atoms with van der Waals surface area (Å²) >= 11 is 0. The average molecular weight is 1700 g/mol. The smallest absolute Gasteiger partial charge is 0.248 e. The monoisotopic (exact) mass is 1700 g/mol. The van der Waals surface area contributed by atoms with Crippen molar-refractivity contribution in [1.82, 2.24) is 95.3 Å². The zero-order valence-electron chi connectivity index (χ0n) is 74.6. The maximum atomic E-state index is 14.5. The van der Waals surface area contributed by atoms with E-state index < -0.39 is 250 Å². The highest BCUT2D eigenvalue weighted by Crippen LogP contribution is 2.24. The minimum absolute atomic E-state index is 0.0128.